The van der Waals surface area contributed by atoms with Crippen molar-refractivity contribution in [2.75, 3.05) is 14.2 Å². The maximum absolute atomic E-state index is 10.4. The molecule has 0 spiro atoms. The highest BCUT2D eigenvalue weighted by Gasteiger charge is 2.74. The average Bonchev–Trinajstić information content (AvgIpc) is 3.59. The second-order valence-corrected chi connectivity index (χ2v) is 11.2. The zero-order valence-electron chi connectivity index (χ0n) is 18.3. The van der Waals surface area contributed by atoms with E-state index >= 15 is 0 Å². The summed E-state index contributed by atoms with van der Waals surface area (Å²) in [5.41, 5.74) is 1.71. The Hall–Kier alpha value is -0.460. The Balaban J connectivity index is 1.33. The summed E-state index contributed by atoms with van der Waals surface area (Å²) in [6, 6.07) is 0. The number of aliphatic hydroxyl groups excluding tert-OH is 1. The Morgan fingerprint density at radius 1 is 1.07 bits per heavy atom. The summed E-state index contributed by atoms with van der Waals surface area (Å²) < 4.78 is 23.7. The molecule has 2 heterocycles. The van der Waals surface area contributed by atoms with E-state index in [0.29, 0.717) is 41.1 Å². The van der Waals surface area contributed by atoms with Crippen molar-refractivity contribution in [3.63, 3.8) is 0 Å². The van der Waals surface area contributed by atoms with E-state index in [1.54, 1.807) is 14.2 Å². The third kappa shape index (κ3) is 2.29. The van der Waals surface area contributed by atoms with Gasteiger partial charge in [-0.25, -0.2) is 0 Å². The van der Waals surface area contributed by atoms with Gasteiger partial charge < -0.3 is 24.1 Å². The number of hydrogen-bond acceptors (Lipinski definition) is 5. The van der Waals surface area contributed by atoms with Crippen LogP contribution < -0.4 is 0 Å². The number of epoxide rings is 2. The molecule has 162 valence electrons. The minimum absolute atomic E-state index is 0.00789. The SMILES string of the molecule is COC(OC)C(C)[C@H]1CC[C@H]2[C@@H]3[C@@H]4O[C@@H]4C4=C[C@@H](O)[C@@H]5O[C@@H]5[C@]4(C)[C@H]3CC[C@]12C. The van der Waals surface area contributed by atoms with Crippen molar-refractivity contribution in [3.05, 3.63) is 11.6 Å². The fraction of sp³-hybridized carbons (Fsp3) is 0.917. The van der Waals surface area contributed by atoms with Crippen LogP contribution in [-0.2, 0) is 18.9 Å². The first-order valence-corrected chi connectivity index (χ1v) is 11.6. The van der Waals surface area contributed by atoms with Crippen LogP contribution in [0.5, 0.6) is 0 Å². The normalized spacial score (nSPS) is 57.8. The molecule has 4 aliphatic carbocycles. The summed E-state index contributed by atoms with van der Waals surface area (Å²) in [5, 5.41) is 10.4. The number of methoxy groups -OCH3 is 2. The summed E-state index contributed by atoms with van der Waals surface area (Å²) in [6.45, 7) is 7.26. The largest absolute Gasteiger partial charge is 0.386 e. The first-order chi connectivity index (χ1) is 13.9. The molecule has 5 nitrogen and oxygen atoms in total. The number of ether oxygens (including phenoxy) is 4. The zero-order valence-corrected chi connectivity index (χ0v) is 18.3. The van der Waals surface area contributed by atoms with E-state index in [1.807, 2.05) is 0 Å². The van der Waals surface area contributed by atoms with E-state index in [0.717, 1.165) is 0 Å². The molecule has 6 rings (SSSR count). The van der Waals surface area contributed by atoms with Crippen molar-refractivity contribution in [2.45, 2.75) is 83.3 Å². The second kappa shape index (κ2) is 6.07. The molecule has 12 atom stereocenters. The highest BCUT2D eigenvalue weighted by Crippen LogP contribution is 2.72. The molecule has 5 heteroatoms. The molecular formula is C24H36O5. The fourth-order valence-electron chi connectivity index (χ4n) is 8.95. The topological polar surface area (TPSA) is 63.8 Å². The minimum atomic E-state index is -0.449. The van der Waals surface area contributed by atoms with Crippen LogP contribution in [0, 0.1) is 40.4 Å². The van der Waals surface area contributed by atoms with Crippen molar-refractivity contribution in [2.24, 2.45) is 40.4 Å². The van der Waals surface area contributed by atoms with Crippen molar-refractivity contribution in [3.8, 4) is 0 Å². The van der Waals surface area contributed by atoms with Gasteiger partial charge in [0, 0.05) is 25.6 Å². The van der Waals surface area contributed by atoms with Gasteiger partial charge in [-0.15, -0.1) is 0 Å². The van der Waals surface area contributed by atoms with Gasteiger partial charge in [0.15, 0.2) is 6.29 Å². The summed E-state index contributed by atoms with van der Waals surface area (Å²) in [5.74, 6) is 2.93. The molecule has 29 heavy (non-hydrogen) atoms. The van der Waals surface area contributed by atoms with Crippen molar-refractivity contribution in [1.29, 1.82) is 0 Å². The van der Waals surface area contributed by atoms with Crippen LogP contribution in [0.1, 0.15) is 46.5 Å². The number of rotatable bonds is 4. The van der Waals surface area contributed by atoms with Crippen LogP contribution in [0.2, 0.25) is 0 Å². The van der Waals surface area contributed by atoms with E-state index in [1.165, 1.54) is 31.3 Å². The maximum Gasteiger partial charge on any atom is 0.159 e. The van der Waals surface area contributed by atoms with Gasteiger partial charge in [0.05, 0.1) is 12.2 Å². The van der Waals surface area contributed by atoms with Crippen LogP contribution in [0.3, 0.4) is 0 Å². The van der Waals surface area contributed by atoms with Gasteiger partial charge in [0.25, 0.3) is 0 Å². The summed E-state index contributed by atoms with van der Waals surface area (Å²) >= 11 is 0. The smallest absolute Gasteiger partial charge is 0.159 e. The fourth-order valence-corrected chi connectivity index (χ4v) is 8.95. The molecule has 0 aromatic rings. The van der Waals surface area contributed by atoms with Crippen LogP contribution in [0.15, 0.2) is 11.6 Å². The third-order valence-corrected chi connectivity index (χ3v) is 10.3. The van der Waals surface area contributed by atoms with Crippen molar-refractivity contribution in [1.82, 2.24) is 0 Å². The Bertz CT molecular complexity index is 733. The summed E-state index contributed by atoms with van der Waals surface area (Å²) in [4.78, 5) is 0. The standard InChI is InChI=1S/C24H36O5/c1-11(22(26-4)27-5)12-6-7-13-17-14(8-9-23(12,13)2)24(3)15(18-20(17)28-18)10-16(25)19-21(24)29-19/h10-14,16-22,25H,6-9H2,1-5H3/t11?,12-,13+,14+,16-,17+,18-,19+,20+,21+,23-,24-/m1/s1. The lowest BCUT2D eigenvalue weighted by atomic mass is 9.46. The first-order valence-electron chi connectivity index (χ1n) is 11.6. The van der Waals surface area contributed by atoms with E-state index in [4.69, 9.17) is 18.9 Å². The molecular weight excluding hydrogens is 368 g/mol. The molecule has 5 fully saturated rings. The monoisotopic (exact) mass is 404 g/mol. The maximum atomic E-state index is 10.4. The van der Waals surface area contributed by atoms with Crippen LogP contribution in [-0.4, -0.2) is 56.1 Å². The first kappa shape index (κ1) is 19.2. The van der Waals surface area contributed by atoms with Crippen molar-refractivity contribution >= 4 is 0 Å². The molecule has 0 radical (unpaired) electrons. The van der Waals surface area contributed by atoms with Gasteiger partial charge in [-0.05, 0) is 60.3 Å². The number of fused-ring (bicyclic) bond motifs is 10. The molecule has 1 unspecified atom stereocenters. The Labute approximate surface area is 174 Å². The third-order valence-electron chi connectivity index (χ3n) is 10.3. The van der Waals surface area contributed by atoms with Gasteiger partial charge in [0.2, 0.25) is 0 Å². The van der Waals surface area contributed by atoms with E-state index in [9.17, 15) is 5.11 Å². The molecule has 0 aromatic carbocycles. The van der Waals surface area contributed by atoms with Crippen LogP contribution >= 0.6 is 0 Å². The molecule has 3 saturated carbocycles. The molecule has 1 N–H and O–H groups in total. The Morgan fingerprint density at radius 2 is 1.83 bits per heavy atom. The highest BCUT2D eigenvalue weighted by atomic mass is 16.7. The van der Waals surface area contributed by atoms with E-state index in [2.05, 4.69) is 26.8 Å². The van der Waals surface area contributed by atoms with Crippen molar-refractivity contribution < 1.29 is 24.1 Å². The molecule has 0 aromatic heterocycles. The molecule has 2 saturated heterocycles. The summed E-state index contributed by atoms with van der Waals surface area (Å²) in [6.07, 6.45) is 7.29. The lowest BCUT2D eigenvalue weighted by molar-refractivity contribution is -0.161. The van der Waals surface area contributed by atoms with E-state index < -0.39 is 6.10 Å². The predicted octanol–water partition coefficient (Wildman–Crippen LogP) is 3.16. The van der Waals surface area contributed by atoms with Gasteiger partial charge in [-0.2, -0.15) is 0 Å². The Morgan fingerprint density at radius 3 is 2.55 bits per heavy atom. The van der Waals surface area contributed by atoms with Gasteiger partial charge in [-0.1, -0.05) is 26.8 Å². The molecule has 2 aliphatic heterocycles. The van der Waals surface area contributed by atoms with Crippen LogP contribution in [0.25, 0.3) is 0 Å². The molecule has 6 aliphatic rings. The van der Waals surface area contributed by atoms with E-state index in [-0.39, 0.29) is 30.0 Å². The van der Waals surface area contributed by atoms with Crippen LogP contribution in [0.4, 0.5) is 0 Å². The number of aliphatic hydroxyl groups is 1. The quantitative estimate of drug-likeness (QED) is 0.443. The highest BCUT2D eigenvalue weighted by molar-refractivity contribution is 5.40. The Kier molecular flexibility index (Phi) is 4.03. The minimum Gasteiger partial charge on any atom is -0.386 e. The average molecular weight is 405 g/mol. The lowest BCUT2D eigenvalue weighted by Crippen LogP contribution is -2.56. The molecule has 0 amide bonds. The van der Waals surface area contributed by atoms with Gasteiger partial charge in [0.1, 0.15) is 18.3 Å². The van der Waals surface area contributed by atoms with Gasteiger partial charge >= 0.3 is 0 Å². The zero-order chi connectivity index (χ0) is 20.3. The molecule has 0 bridgehead atoms. The predicted molar refractivity (Wildman–Crippen MR) is 107 cm³/mol. The van der Waals surface area contributed by atoms with Gasteiger partial charge in [-0.3, -0.25) is 0 Å². The lowest BCUT2D eigenvalue weighted by Gasteiger charge is -2.57. The second-order valence-electron chi connectivity index (χ2n) is 11.2. The summed E-state index contributed by atoms with van der Waals surface area (Å²) in [7, 11) is 3.52. The number of hydrogen-bond donors (Lipinski definition) is 1.